The van der Waals surface area contributed by atoms with Crippen molar-refractivity contribution >= 4 is 28.8 Å². The monoisotopic (exact) mass is 371 g/mol. The summed E-state index contributed by atoms with van der Waals surface area (Å²) in [4.78, 5) is 36.2. The number of rotatable bonds is 4. The SMILES string of the molecule is C[C@@H]1CCCC[C@@H]1NC(=O)NC(=O)COC(=O)c1cn(C)c2ccccc12. The lowest BCUT2D eigenvalue weighted by Gasteiger charge is -2.29. The van der Waals surface area contributed by atoms with Gasteiger partial charge in [0.2, 0.25) is 0 Å². The van der Waals surface area contributed by atoms with Gasteiger partial charge < -0.3 is 14.6 Å². The topological polar surface area (TPSA) is 89.4 Å². The third-order valence-electron chi connectivity index (χ3n) is 5.13. The van der Waals surface area contributed by atoms with Crippen LogP contribution in [-0.4, -0.2) is 35.1 Å². The molecule has 27 heavy (non-hydrogen) atoms. The molecule has 1 aromatic carbocycles. The van der Waals surface area contributed by atoms with E-state index in [0.29, 0.717) is 11.5 Å². The predicted octanol–water partition coefficient (Wildman–Crippen LogP) is 2.74. The fourth-order valence-electron chi connectivity index (χ4n) is 3.61. The highest BCUT2D eigenvalue weighted by atomic mass is 16.5. The number of nitrogens with zero attached hydrogens (tertiary/aromatic N) is 1. The van der Waals surface area contributed by atoms with Crippen molar-refractivity contribution in [1.82, 2.24) is 15.2 Å². The number of esters is 1. The lowest BCUT2D eigenvalue weighted by Crippen LogP contribution is -2.48. The van der Waals surface area contributed by atoms with Gasteiger partial charge in [-0.25, -0.2) is 9.59 Å². The van der Waals surface area contributed by atoms with Crippen LogP contribution in [0.15, 0.2) is 30.5 Å². The molecule has 2 atom stereocenters. The molecule has 1 saturated carbocycles. The number of fused-ring (bicyclic) bond motifs is 1. The van der Waals surface area contributed by atoms with Gasteiger partial charge in [-0.15, -0.1) is 0 Å². The van der Waals surface area contributed by atoms with Gasteiger partial charge in [0.25, 0.3) is 5.91 Å². The van der Waals surface area contributed by atoms with Gasteiger partial charge in [0.05, 0.1) is 5.56 Å². The number of aromatic nitrogens is 1. The lowest BCUT2D eigenvalue weighted by molar-refractivity contribution is -0.123. The van der Waals surface area contributed by atoms with Crippen LogP contribution in [0.1, 0.15) is 43.0 Å². The summed E-state index contributed by atoms with van der Waals surface area (Å²) >= 11 is 0. The zero-order valence-electron chi connectivity index (χ0n) is 15.7. The van der Waals surface area contributed by atoms with E-state index in [0.717, 1.165) is 30.2 Å². The summed E-state index contributed by atoms with van der Waals surface area (Å²) < 4.78 is 6.90. The minimum atomic E-state index is -0.649. The molecule has 2 N–H and O–H groups in total. The molecule has 0 bridgehead atoms. The maximum Gasteiger partial charge on any atom is 0.340 e. The molecule has 7 nitrogen and oxygen atoms in total. The van der Waals surface area contributed by atoms with E-state index < -0.39 is 24.5 Å². The molecule has 3 amide bonds. The fraction of sp³-hybridized carbons (Fsp3) is 0.450. The number of para-hydroxylation sites is 1. The summed E-state index contributed by atoms with van der Waals surface area (Å²) in [6.45, 7) is 1.59. The fourth-order valence-corrected chi connectivity index (χ4v) is 3.61. The number of ether oxygens (including phenoxy) is 1. The van der Waals surface area contributed by atoms with Crippen molar-refractivity contribution in [3.05, 3.63) is 36.0 Å². The second-order valence-electron chi connectivity index (χ2n) is 7.14. The second kappa shape index (κ2) is 8.24. The molecule has 0 aliphatic heterocycles. The maximum absolute atomic E-state index is 12.3. The number of nitrogens with one attached hydrogen (secondary N) is 2. The largest absolute Gasteiger partial charge is 0.452 e. The molecule has 1 aliphatic carbocycles. The Balaban J connectivity index is 1.51. The first-order valence-electron chi connectivity index (χ1n) is 9.27. The number of urea groups is 1. The Kier molecular flexibility index (Phi) is 5.78. The molecule has 1 aliphatic rings. The number of aryl methyl sites for hydroxylation is 1. The third-order valence-corrected chi connectivity index (χ3v) is 5.13. The van der Waals surface area contributed by atoms with Crippen LogP contribution in [0.4, 0.5) is 4.79 Å². The molecular weight excluding hydrogens is 346 g/mol. The van der Waals surface area contributed by atoms with Crippen LogP contribution in [0, 0.1) is 5.92 Å². The number of amides is 3. The summed E-state index contributed by atoms with van der Waals surface area (Å²) in [5.74, 6) is -0.850. The summed E-state index contributed by atoms with van der Waals surface area (Å²) in [6, 6.07) is 6.98. The average molecular weight is 371 g/mol. The Morgan fingerprint density at radius 2 is 1.93 bits per heavy atom. The molecule has 144 valence electrons. The first-order valence-corrected chi connectivity index (χ1v) is 9.27. The van der Waals surface area contributed by atoms with Crippen LogP contribution in [0.5, 0.6) is 0 Å². The van der Waals surface area contributed by atoms with E-state index in [-0.39, 0.29) is 6.04 Å². The van der Waals surface area contributed by atoms with Crippen molar-refractivity contribution in [2.24, 2.45) is 13.0 Å². The lowest BCUT2D eigenvalue weighted by atomic mass is 9.86. The molecule has 3 rings (SSSR count). The van der Waals surface area contributed by atoms with Crippen molar-refractivity contribution < 1.29 is 19.1 Å². The maximum atomic E-state index is 12.3. The van der Waals surface area contributed by atoms with Gasteiger partial charge in [-0.3, -0.25) is 10.1 Å². The summed E-state index contributed by atoms with van der Waals surface area (Å²) in [5.41, 5.74) is 1.29. The van der Waals surface area contributed by atoms with Gasteiger partial charge in [0, 0.05) is 30.2 Å². The van der Waals surface area contributed by atoms with Gasteiger partial charge in [-0.05, 0) is 24.8 Å². The highest BCUT2D eigenvalue weighted by Gasteiger charge is 2.23. The number of benzene rings is 1. The molecule has 0 spiro atoms. The van der Waals surface area contributed by atoms with Crippen LogP contribution in [-0.2, 0) is 16.6 Å². The number of carbonyl (C=O) groups is 3. The quantitative estimate of drug-likeness (QED) is 0.809. The molecule has 7 heteroatoms. The summed E-state index contributed by atoms with van der Waals surface area (Å²) in [7, 11) is 1.84. The van der Waals surface area contributed by atoms with Crippen molar-refractivity contribution in [3.8, 4) is 0 Å². The Bertz CT molecular complexity index is 858. The van der Waals surface area contributed by atoms with E-state index in [1.54, 1.807) is 6.20 Å². The third kappa shape index (κ3) is 4.48. The Hall–Kier alpha value is -2.83. The first-order chi connectivity index (χ1) is 13.0. The van der Waals surface area contributed by atoms with Gasteiger partial charge in [0.15, 0.2) is 6.61 Å². The molecule has 1 aromatic heterocycles. The molecule has 1 fully saturated rings. The van der Waals surface area contributed by atoms with Crippen molar-refractivity contribution in [3.63, 3.8) is 0 Å². The van der Waals surface area contributed by atoms with Crippen LogP contribution in [0.3, 0.4) is 0 Å². The van der Waals surface area contributed by atoms with E-state index in [9.17, 15) is 14.4 Å². The van der Waals surface area contributed by atoms with Crippen molar-refractivity contribution in [1.29, 1.82) is 0 Å². The van der Waals surface area contributed by atoms with E-state index >= 15 is 0 Å². The highest BCUT2D eigenvalue weighted by Crippen LogP contribution is 2.23. The van der Waals surface area contributed by atoms with Crippen molar-refractivity contribution in [2.75, 3.05) is 6.61 Å². The average Bonchev–Trinajstić information content (AvgIpc) is 2.99. The van der Waals surface area contributed by atoms with Crippen molar-refractivity contribution in [2.45, 2.75) is 38.6 Å². The number of hydrogen-bond acceptors (Lipinski definition) is 4. The van der Waals surface area contributed by atoms with Crippen LogP contribution in [0.2, 0.25) is 0 Å². The van der Waals surface area contributed by atoms with Crippen LogP contribution in [0.25, 0.3) is 10.9 Å². The predicted molar refractivity (Wildman–Crippen MR) is 101 cm³/mol. The molecular formula is C20H25N3O4. The summed E-state index contributed by atoms with van der Waals surface area (Å²) in [6.07, 6.45) is 5.90. The molecule has 0 saturated heterocycles. The zero-order chi connectivity index (χ0) is 19.4. The second-order valence-corrected chi connectivity index (χ2v) is 7.14. The zero-order valence-corrected chi connectivity index (χ0v) is 15.7. The minimum Gasteiger partial charge on any atom is -0.452 e. The Morgan fingerprint density at radius 3 is 2.70 bits per heavy atom. The molecule has 0 unspecified atom stereocenters. The minimum absolute atomic E-state index is 0.0739. The highest BCUT2D eigenvalue weighted by molar-refractivity contribution is 6.05. The Morgan fingerprint density at radius 1 is 1.19 bits per heavy atom. The van der Waals surface area contributed by atoms with E-state index in [1.807, 2.05) is 35.9 Å². The summed E-state index contributed by atoms with van der Waals surface area (Å²) in [5, 5.41) is 5.82. The van der Waals surface area contributed by atoms with Gasteiger partial charge in [0.1, 0.15) is 0 Å². The van der Waals surface area contributed by atoms with Gasteiger partial charge in [-0.2, -0.15) is 0 Å². The first kappa shape index (κ1) is 18.9. The van der Waals surface area contributed by atoms with Gasteiger partial charge in [-0.1, -0.05) is 38.0 Å². The Labute approximate surface area is 158 Å². The van der Waals surface area contributed by atoms with Crippen LogP contribution < -0.4 is 10.6 Å². The molecule has 0 radical (unpaired) electrons. The smallest absolute Gasteiger partial charge is 0.340 e. The van der Waals surface area contributed by atoms with Gasteiger partial charge >= 0.3 is 12.0 Å². The molecule has 1 heterocycles. The number of carbonyl (C=O) groups excluding carboxylic acids is 3. The standard InChI is InChI=1S/C20H25N3O4/c1-13-7-3-5-9-16(13)21-20(26)22-18(24)12-27-19(25)15-11-23(2)17-10-6-4-8-14(15)17/h4,6,8,10-11,13,16H,3,5,7,9,12H2,1-2H3,(H2,21,22,24,26)/t13-,16+/m1/s1. The van der Waals surface area contributed by atoms with E-state index in [1.165, 1.54) is 6.42 Å². The van der Waals surface area contributed by atoms with E-state index in [4.69, 9.17) is 4.74 Å². The van der Waals surface area contributed by atoms with Crippen LogP contribution >= 0.6 is 0 Å². The number of hydrogen-bond donors (Lipinski definition) is 2. The molecule has 2 aromatic rings. The van der Waals surface area contributed by atoms with E-state index in [2.05, 4.69) is 17.6 Å². The normalized spacial score (nSPS) is 19.5. The number of imide groups is 1.